The fourth-order valence-electron chi connectivity index (χ4n) is 2.01. The summed E-state index contributed by atoms with van der Waals surface area (Å²) in [4.78, 5) is 13.9. The number of likely N-dealkylation sites (N-methyl/N-ethyl adjacent to an activating group) is 1. The standard InChI is InChI=1S/C14H30N2O2/c1-7-8-15-13(14(17)18-6)10-16(5)12(4)9-11(2)3/h11-13,15H,7-10H2,1-6H3. The van der Waals surface area contributed by atoms with Gasteiger partial charge in [0.1, 0.15) is 6.04 Å². The Labute approximate surface area is 112 Å². The van der Waals surface area contributed by atoms with E-state index in [1.165, 1.54) is 7.11 Å². The highest BCUT2D eigenvalue weighted by Gasteiger charge is 2.22. The maximum absolute atomic E-state index is 11.7. The molecule has 0 saturated heterocycles. The molecule has 1 N–H and O–H groups in total. The van der Waals surface area contributed by atoms with Gasteiger partial charge in [-0.25, -0.2) is 0 Å². The van der Waals surface area contributed by atoms with Gasteiger partial charge in [-0.05, 0) is 39.3 Å². The zero-order chi connectivity index (χ0) is 14.1. The van der Waals surface area contributed by atoms with E-state index in [0.29, 0.717) is 18.5 Å². The van der Waals surface area contributed by atoms with Crippen LogP contribution in [0.3, 0.4) is 0 Å². The van der Waals surface area contributed by atoms with Gasteiger partial charge < -0.3 is 15.0 Å². The maximum atomic E-state index is 11.7. The Bertz CT molecular complexity index is 232. The van der Waals surface area contributed by atoms with Gasteiger partial charge in [0.05, 0.1) is 7.11 Å². The highest BCUT2D eigenvalue weighted by atomic mass is 16.5. The lowest BCUT2D eigenvalue weighted by atomic mass is 10.0. The Morgan fingerprint density at radius 2 is 1.94 bits per heavy atom. The molecule has 0 aliphatic heterocycles. The predicted molar refractivity (Wildman–Crippen MR) is 75.6 cm³/mol. The van der Waals surface area contributed by atoms with Gasteiger partial charge in [-0.15, -0.1) is 0 Å². The first-order chi connectivity index (χ1) is 8.42. The van der Waals surface area contributed by atoms with E-state index >= 15 is 0 Å². The second-order valence-corrected chi connectivity index (χ2v) is 5.45. The third kappa shape index (κ3) is 6.97. The summed E-state index contributed by atoms with van der Waals surface area (Å²) in [7, 11) is 3.51. The quantitative estimate of drug-likeness (QED) is 0.641. The van der Waals surface area contributed by atoms with Crippen LogP contribution in [0, 0.1) is 5.92 Å². The second kappa shape index (κ2) is 9.34. The minimum Gasteiger partial charge on any atom is -0.468 e. The van der Waals surface area contributed by atoms with Crippen LogP contribution in [0.25, 0.3) is 0 Å². The summed E-state index contributed by atoms with van der Waals surface area (Å²) in [5.74, 6) is 0.495. The summed E-state index contributed by atoms with van der Waals surface area (Å²) >= 11 is 0. The number of nitrogens with one attached hydrogen (secondary N) is 1. The Morgan fingerprint density at radius 1 is 1.33 bits per heavy atom. The molecule has 0 aromatic carbocycles. The van der Waals surface area contributed by atoms with Gasteiger partial charge >= 0.3 is 5.97 Å². The lowest BCUT2D eigenvalue weighted by Crippen LogP contribution is -2.48. The van der Waals surface area contributed by atoms with Crippen molar-refractivity contribution in [3.8, 4) is 0 Å². The first-order valence-electron chi connectivity index (χ1n) is 6.93. The highest BCUT2D eigenvalue weighted by Crippen LogP contribution is 2.10. The zero-order valence-electron chi connectivity index (χ0n) is 12.8. The molecule has 4 nitrogen and oxygen atoms in total. The first-order valence-corrected chi connectivity index (χ1v) is 6.93. The van der Waals surface area contributed by atoms with Gasteiger partial charge in [0.15, 0.2) is 0 Å². The monoisotopic (exact) mass is 258 g/mol. The Kier molecular flexibility index (Phi) is 9.02. The topological polar surface area (TPSA) is 41.6 Å². The summed E-state index contributed by atoms with van der Waals surface area (Å²) in [5.41, 5.74) is 0. The average molecular weight is 258 g/mol. The van der Waals surface area contributed by atoms with Crippen LogP contribution in [0.15, 0.2) is 0 Å². The minimum absolute atomic E-state index is 0.174. The Balaban J connectivity index is 4.32. The smallest absolute Gasteiger partial charge is 0.324 e. The molecule has 0 aliphatic rings. The predicted octanol–water partition coefficient (Wildman–Crippen LogP) is 1.89. The van der Waals surface area contributed by atoms with E-state index in [1.54, 1.807) is 0 Å². The molecule has 0 aliphatic carbocycles. The zero-order valence-corrected chi connectivity index (χ0v) is 12.8. The van der Waals surface area contributed by atoms with Crippen molar-refractivity contribution in [3.63, 3.8) is 0 Å². The summed E-state index contributed by atoms with van der Waals surface area (Å²) < 4.78 is 4.84. The normalized spacial score (nSPS) is 14.9. The first kappa shape index (κ1) is 17.4. The second-order valence-electron chi connectivity index (χ2n) is 5.45. The van der Waals surface area contributed by atoms with Crippen LogP contribution >= 0.6 is 0 Å². The molecule has 0 rings (SSSR count). The molecule has 0 saturated carbocycles. The fourth-order valence-corrected chi connectivity index (χ4v) is 2.01. The number of methoxy groups -OCH3 is 1. The number of rotatable bonds is 9. The minimum atomic E-state index is -0.227. The summed E-state index contributed by atoms with van der Waals surface area (Å²) in [6, 6.07) is 0.246. The Hall–Kier alpha value is -0.610. The average Bonchev–Trinajstić information content (AvgIpc) is 2.32. The summed E-state index contributed by atoms with van der Waals surface area (Å²) in [6.45, 7) is 10.3. The van der Waals surface area contributed by atoms with Crippen molar-refractivity contribution in [2.24, 2.45) is 5.92 Å². The van der Waals surface area contributed by atoms with Gasteiger partial charge in [-0.2, -0.15) is 0 Å². The summed E-state index contributed by atoms with van der Waals surface area (Å²) in [5, 5.41) is 3.24. The van der Waals surface area contributed by atoms with E-state index in [2.05, 4.69) is 45.0 Å². The van der Waals surface area contributed by atoms with E-state index in [0.717, 1.165) is 19.4 Å². The van der Waals surface area contributed by atoms with Crippen LogP contribution < -0.4 is 5.32 Å². The molecule has 0 fully saturated rings. The number of ether oxygens (including phenoxy) is 1. The van der Waals surface area contributed by atoms with Crippen molar-refractivity contribution < 1.29 is 9.53 Å². The van der Waals surface area contributed by atoms with Crippen molar-refractivity contribution in [3.05, 3.63) is 0 Å². The van der Waals surface area contributed by atoms with Crippen molar-refractivity contribution in [1.29, 1.82) is 0 Å². The molecule has 18 heavy (non-hydrogen) atoms. The lowest BCUT2D eigenvalue weighted by molar-refractivity contribution is -0.143. The van der Waals surface area contributed by atoms with E-state index in [9.17, 15) is 4.79 Å². The third-order valence-electron chi connectivity index (χ3n) is 3.16. The highest BCUT2D eigenvalue weighted by molar-refractivity contribution is 5.75. The molecule has 108 valence electrons. The number of nitrogens with zero attached hydrogens (tertiary/aromatic N) is 1. The van der Waals surface area contributed by atoms with Crippen LogP contribution in [-0.4, -0.2) is 50.2 Å². The van der Waals surface area contributed by atoms with Gasteiger partial charge in [0.2, 0.25) is 0 Å². The van der Waals surface area contributed by atoms with Crippen LogP contribution in [-0.2, 0) is 9.53 Å². The molecule has 0 heterocycles. The van der Waals surface area contributed by atoms with Crippen LogP contribution in [0.1, 0.15) is 40.5 Å². The number of hydrogen-bond acceptors (Lipinski definition) is 4. The molecular weight excluding hydrogens is 228 g/mol. The van der Waals surface area contributed by atoms with E-state index in [-0.39, 0.29) is 12.0 Å². The molecule has 0 aromatic rings. The molecule has 0 spiro atoms. The van der Waals surface area contributed by atoms with E-state index in [1.807, 2.05) is 0 Å². The largest absolute Gasteiger partial charge is 0.468 e. The summed E-state index contributed by atoms with van der Waals surface area (Å²) in [6.07, 6.45) is 2.15. The van der Waals surface area contributed by atoms with Crippen LogP contribution in [0.4, 0.5) is 0 Å². The van der Waals surface area contributed by atoms with Gasteiger partial charge in [0.25, 0.3) is 0 Å². The number of carbonyl (C=O) groups excluding carboxylic acids is 1. The van der Waals surface area contributed by atoms with E-state index < -0.39 is 0 Å². The van der Waals surface area contributed by atoms with Crippen molar-refractivity contribution in [1.82, 2.24) is 10.2 Å². The van der Waals surface area contributed by atoms with Gasteiger partial charge in [-0.3, -0.25) is 4.79 Å². The fraction of sp³-hybridized carbons (Fsp3) is 0.929. The third-order valence-corrected chi connectivity index (χ3v) is 3.16. The van der Waals surface area contributed by atoms with Gasteiger partial charge in [0, 0.05) is 12.6 Å². The van der Waals surface area contributed by atoms with Crippen molar-refractivity contribution in [2.45, 2.75) is 52.6 Å². The number of carbonyl (C=O) groups is 1. The van der Waals surface area contributed by atoms with Crippen LogP contribution in [0.5, 0.6) is 0 Å². The molecule has 0 bridgehead atoms. The molecular formula is C14H30N2O2. The Morgan fingerprint density at radius 3 is 2.39 bits per heavy atom. The molecule has 0 amide bonds. The van der Waals surface area contributed by atoms with E-state index in [4.69, 9.17) is 4.74 Å². The lowest BCUT2D eigenvalue weighted by Gasteiger charge is -2.29. The van der Waals surface area contributed by atoms with Gasteiger partial charge in [-0.1, -0.05) is 20.8 Å². The van der Waals surface area contributed by atoms with Crippen molar-refractivity contribution in [2.75, 3.05) is 27.2 Å². The maximum Gasteiger partial charge on any atom is 0.324 e. The number of hydrogen-bond donors (Lipinski definition) is 1. The molecule has 2 unspecified atom stereocenters. The SMILES string of the molecule is CCCNC(CN(C)C(C)CC(C)C)C(=O)OC. The molecule has 0 aromatic heterocycles. The molecule has 4 heteroatoms. The molecule has 0 radical (unpaired) electrons. The molecule has 2 atom stereocenters. The van der Waals surface area contributed by atoms with Crippen molar-refractivity contribution >= 4 is 5.97 Å². The van der Waals surface area contributed by atoms with Crippen LogP contribution in [0.2, 0.25) is 0 Å². The number of esters is 1.